The van der Waals surface area contributed by atoms with E-state index in [2.05, 4.69) is 74.3 Å². The first-order valence-electron chi connectivity index (χ1n) is 10.5. The molecule has 4 rings (SSSR count). The number of halogens is 1. The zero-order valence-electron chi connectivity index (χ0n) is 17.8. The van der Waals surface area contributed by atoms with E-state index >= 15 is 0 Å². The van der Waals surface area contributed by atoms with Crippen LogP contribution in [-0.4, -0.2) is 46.4 Å². The van der Waals surface area contributed by atoms with Gasteiger partial charge >= 0.3 is 0 Å². The number of hydrogen-bond donors (Lipinski definition) is 2. The number of rotatable bonds is 7. The molecule has 0 amide bonds. The van der Waals surface area contributed by atoms with Crippen LogP contribution in [0.3, 0.4) is 0 Å². The highest BCUT2D eigenvalue weighted by Crippen LogP contribution is 2.24. The summed E-state index contributed by atoms with van der Waals surface area (Å²) in [6.07, 6.45) is 5.54. The maximum absolute atomic E-state index is 4.83. The summed E-state index contributed by atoms with van der Waals surface area (Å²) in [5.41, 5.74) is 2.39. The van der Waals surface area contributed by atoms with E-state index in [1.165, 1.54) is 16.1 Å². The lowest BCUT2D eigenvalue weighted by Crippen LogP contribution is -2.48. The highest BCUT2D eigenvalue weighted by molar-refractivity contribution is 14.0. The van der Waals surface area contributed by atoms with E-state index in [0.29, 0.717) is 12.6 Å². The number of nitrogens with zero attached hydrogens (tertiary/aromatic N) is 5. The van der Waals surface area contributed by atoms with Crippen molar-refractivity contribution < 1.29 is 0 Å². The normalized spacial score (nSPS) is 14.9. The first-order chi connectivity index (χ1) is 14.8. The van der Waals surface area contributed by atoms with Gasteiger partial charge in [-0.2, -0.15) is 5.10 Å². The van der Waals surface area contributed by atoms with Crippen molar-refractivity contribution in [3.05, 3.63) is 65.6 Å². The van der Waals surface area contributed by atoms with Crippen LogP contribution in [-0.2, 0) is 13.1 Å². The molecular weight excluding hydrogens is 521 g/mol. The van der Waals surface area contributed by atoms with Gasteiger partial charge in [-0.05, 0) is 48.4 Å². The van der Waals surface area contributed by atoms with Crippen LogP contribution in [0.5, 0.6) is 0 Å². The van der Waals surface area contributed by atoms with Crippen LogP contribution < -0.4 is 15.5 Å². The Morgan fingerprint density at radius 3 is 2.74 bits per heavy atom. The van der Waals surface area contributed by atoms with Crippen molar-refractivity contribution >= 4 is 46.3 Å². The van der Waals surface area contributed by atoms with Crippen molar-refractivity contribution in [3.8, 4) is 0 Å². The highest BCUT2D eigenvalue weighted by Gasteiger charge is 2.20. The number of aliphatic imine (C=N–C) groups is 1. The Kier molecular flexibility index (Phi) is 9.13. The SMILES string of the molecule is CCNC(=NCc1cccc(Cn2cncn2)c1)NC1CCN(c2cccs2)CC1.I. The molecule has 1 aliphatic heterocycles. The summed E-state index contributed by atoms with van der Waals surface area (Å²) in [6, 6.07) is 13.3. The average molecular weight is 552 g/mol. The molecule has 1 saturated heterocycles. The third-order valence-electron chi connectivity index (χ3n) is 5.22. The fourth-order valence-corrected chi connectivity index (χ4v) is 4.49. The molecule has 2 aromatic heterocycles. The van der Waals surface area contributed by atoms with E-state index in [4.69, 9.17) is 4.99 Å². The number of nitrogens with one attached hydrogen (secondary N) is 2. The van der Waals surface area contributed by atoms with Gasteiger partial charge < -0.3 is 15.5 Å². The van der Waals surface area contributed by atoms with Crippen LogP contribution in [0.1, 0.15) is 30.9 Å². The van der Waals surface area contributed by atoms with Crippen LogP contribution >= 0.6 is 35.3 Å². The van der Waals surface area contributed by atoms with Gasteiger partial charge in [0.25, 0.3) is 0 Å². The van der Waals surface area contributed by atoms with E-state index in [1.807, 2.05) is 16.0 Å². The molecule has 0 atom stereocenters. The first-order valence-corrected chi connectivity index (χ1v) is 11.4. The predicted molar refractivity (Wildman–Crippen MR) is 138 cm³/mol. The molecule has 9 heteroatoms. The Morgan fingerprint density at radius 2 is 2.03 bits per heavy atom. The van der Waals surface area contributed by atoms with Crippen molar-refractivity contribution in [2.75, 3.05) is 24.5 Å². The van der Waals surface area contributed by atoms with Gasteiger partial charge in [0, 0.05) is 25.7 Å². The number of anilines is 1. The maximum Gasteiger partial charge on any atom is 0.191 e. The quantitative estimate of drug-likeness (QED) is 0.266. The molecule has 1 fully saturated rings. The largest absolute Gasteiger partial charge is 0.363 e. The van der Waals surface area contributed by atoms with Gasteiger partial charge in [0.05, 0.1) is 18.1 Å². The molecule has 1 aliphatic rings. The fraction of sp³-hybridized carbons (Fsp3) is 0.409. The van der Waals surface area contributed by atoms with Crippen LogP contribution in [0, 0.1) is 0 Å². The lowest BCUT2D eigenvalue weighted by atomic mass is 10.1. The van der Waals surface area contributed by atoms with E-state index in [0.717, 1.165) is 45.0 Å². The van der Waals surface area contributed by atoms with Crippen molar-refractivity contribution in [1.29, 1.82) is 0 Å². The van der Waals surface area contributed by atoms with Crippen molar-refractivity contribution in [2.45, 2.75) is 38.9 Å². The van der Waals surface area contributed by atoms with Crippen LogP contribution in [0.25, 0.3) is 0 Å². The summed E-state index contributed by atoms with van der Waals surface area (Å²) >= 11 is 1.82. The van der Waals surface area contributed by atoms with Gasteiger partial charge in [-0.1, -0.05) is 24.3 Å². The Balaban J connectivity index is 0.00000272. The second kappa shape index (κ2) is 12.0. The second-order valence-corrected chi connectivity index (χ2v) is 8.39. The molecule has 166 valence electrons. The van der Waals surface area contributed by atoms with Gasteiger partial charge in [0.15, 0.2) is 5.96 Å². The summed E-state index contributed by atoms with van der Waals surface area (Å²) in [4.78, 5) is 11.3. The van der Waals surface area contributed by atoms with Gasteiger partial charge in [0.1, 0.15) is 12.7 Å². The second-order valence-electron chi connectivity index (χ2n) is 7.47. The molecule has 0 aliphatic carbocycles. The monoisotopic (exact) mass is 551 g/mol. The van der Waals surface area contributed by atoms with Gasteiger partial charge in [0.2, 0.25) is 0 Å². The van der Waals surface area contributed by atoms with Gasteiger partial charge in [-0.25, -0.2) is 14.7 Å². The van der Waals surface area contributed by atoms with E-state index in [-0.39, 0.29) is 24.0 Å². The molecule has 0 radical (unpaired) electrons. The standard InChI is InChI=1S/C22H29N7S.HI/c1-2-24-22(27-20-8-10-28(11-9-20)21-7-4-12-30-21)25-14-18-5-3-6-19(13-18)15-29-17-23-16-26-29;/h3-7,12-13,16-17,20H,2,8-11,14-15H2,1H3,(H2,24,25,27);1H. The molecule has 0 unspecified atom stereocenters. The van der Waals surface area contributed by atoms with Crippen molar-refractivity contribution in [2.24, 2.45) is 4.99 Å². The van der Waals surface area contributed by atoms with E-state index in [1.54, 1.807) is 12.7 Å². The molecule has 31 heavy (non-hydrogen) atoms. The number of guanidine groups is 1. The van der Waals surface area contributed by atoms with Crippen molar-refractivity contribution in [1.82, 2.24) is 25.4 Å². The molecule has 1 aromatic carbocycles. The van der Waals surface area contributed by atoms with Crippen molar-refractivity contribution in [3.63, 3.8) is 0 Å². The van der Waals surface area contributed by atoms with Crippen LogP contribution in [0.15, 0.2) is 59.4 Å². The first kappa shape index (κ1) is 23.5. The Hall–Kier alpha value is -2.14. The zero-order chi connectivity index (χ0) is 20.6. The molecule has 0 spiro atoms. The summed E-state index contributed by atoms with van der Waals surface area (Å²) < 4.78 is 1.83. The summed E-state index contributed by atoms with van der Waals surface area (Å²) in [6.45, 7) is 6.50. The maximum atomic E-state index is 4.83. The number of piperidine rings is 1. The third-order valence-corrected chi connectivity index (χ3v) is 6.15. The summed E-state index contributed by atoms with van der Waals surface area (Å²) in [5.74, 6) is 0.897. The number of hydrogen-bond acceptors (Lipinski definition) is 5. The van der Waals surface area contributed by atoms with E-state index < -0.39 is 0 Å². The van der Waals surface area contributed by atoms with Crippen LogP contribution in [0.4, 0.5) is 5.00 Å². The predicted octanol–water partition coefficient (Wildman–Crippen LogP) is 3.73. The number of aromatic nitrogens is 3. The molecule has 0 saturated carbocycles. The summed E-state index contributed by atoms with van der Waals surface area (Å²) in [5, 5.41) is 14.7. The minimum atomic E-state index is 0. The third kappa shape index (κ3) is 6.93. The Labute approximate surface area is 205 Å². The van der Waals surface area contributed by atoms with E-state index in [9.17, 15) is 0 Å². The highest BCUT2D eigenvalue weighted by atomic mass is 127. The lowest BCUT2D eigenvalue weighted by Gasteiger charge is -2.33. The number of benzene rings is 1. The molecule has 3 heterocycles. The van der Waals surface area contributed by atoms with Gasteiger partial charge in [-0.15, -0.1) is 35.3 Å². The average Bonchev–Trinajstić information content (AvgIpc) is 3.48. The Bertz CT molecular complexity index is 919. The molecule has 3 aromatic rings. The fourth-order valence-electron chi connectivity index (χ4n) is 3.71. The lowest BCUT2D eigenvalue weighted by molar-refractivity contribution is 0.463. The minimum Gasteiger partial charge on any atom is -0.363 e. The molecule has 7 nitrogen and oxygen atoms in total. The minimum absolute atomic E-state index is 0. The molecular formula is C22H30IN7S. The molecule has 2 N–H and O–H groups in total. The topological polar surface area (TPSA) is 70.4 Å². The smallest absolute Gasteiger partial charge is 0.191 e. The number of thiophene rings is 1. The summed E-state index contributed by atoms with van der Waals surface area (Å²) in [7, 11) is 0. The zero-order valence-corrected chi connectivity index (χ0v) is 20.9. The molecule has 0 bridgehead atoms. The van der Waals surface area contributed by atoms with Gasteiger partial charge in [-0.3, -0.25) is 0 Å². The van der Waals surface area contributed by atoms with Crippen LogP contribution in [0.2, 0.25) is 0 Å². The Morgan fingerprint density at radius 1 is 1.19 bits per heavy atom.